The van der Waals surface area contributed by atoms with E-state index in [-0.39, 0.29) is 24.9 Å². The summed E-state index contributed by atoms with van der Waals surface area (Å²) in [5.74, 6) is -0.276. The molecule has 0 aliphatic carbocycles. The molecule has 0 aliphatic heterocycles. The summed E-state index contributed by atoms with van der Waals surface area (Å²) in [7, 11) is 3.44. The van der Waals surface area contributed by atoms with Crippen molar-refractivity contribution in [3.8, 4) is 0 Å². The van der Waals surface area contributed by atoms with Crippen LogP contribution in [-0.4, -0.2) is 47.1 Å². The van der Waals surface area contributed by atoms with Crippen LogP contribution in [0.25, 0.3) is 0 Å². The van der Waals surface area contributed by atoms with Crippen molar-refractivity contribution in [2.45, 2.75) is 13.1 Å². The van der Waals surface area contributed by atoms with E-state index in [2.05, 4.69) is 5.32 Å². The van der Waals surface area contributed by atoms with Gasteiger partial charge in [0, 0.05) is 32.4 Å². The van der Waals surface area contributed by atoms with Crippen molar-refractivity contribution in [3.63, 3.8) is 0 Å². The second-order valence-electron chi connectivity index (χ2n) is 5.56. The van der Waals surface area contributed by atoms with Crippen LogP contribution in [0.4, 0.5) is 0 Å². The Morgan fingerprint density at radius 1 is 1.16 bits per heavy atom. The van der Waals surface area contributed by atoms with Crippen molar-refractivity contribution in [2.75, 3.05) is 27.2 Å². The van der Waals surface area contributed by atoms with Crippen molar-refractivity contribution >= 4 is 18.3 Å². The average Bonchev–Trinajstić information content (AvgIpc) is 2.59. The molecule has 7 nitrogen and oxygen atoms in total. The minimum atomic E-state index is -0.485. The Hall–Kier alpha value is -2.38. The second kappa shape index (κ2) is 9.80. The molecule has 0 unspecified atom stereocenters. The summed E-state index contributed by atoms with van der Waals surface area (Å²) in [6.45, 7) is 1.25. The summed E-state index contributed by atoms with van der Waals surface area (Å²) < 4.78 is 2.40. The molecular formula is C17H23ClN4O3. The zero-order chi connectivity index (χ0) is 17.5. The maximum absolute atomic E-state index is 12.5. The average molecular weight is 367 g/mol. The molecule has 1 heterocycles. The van der Waals surface area contributed by atoms with Crippen molar-refractivity contribution < 1.29 is 4.79 Å². The molecule has 0 radical (unpaired) electrons. The maximum atomic E-state index is 12.5. The molecular weight excluding hydrogens is 344 g/mol. The van der Waals surface area contributed by atoms with Gasteiger partial charge in [0.2, 0.25) is 5.91 Å². The molecule has 2 rings (SSSR count). The number of amides is 1. The monoisotopic (exact) mass is 366 g/mol. The molecule has 8 heteroatoms. The van der Waals surface area contributed by atoms with E-state index in [1.165, 1.54) is 21.7 Å². The molecule has 1 amide bonds. The zero-order valence-electron chi connectivity index (χ0n) is 14.3. The molecule has 25 heavy (non-hydrogen) atoms. The molecule has 0 saturated heterocycles. The predicted octanol–water partition coefficient (Wildman–Crippen LogP) is 0.158. The number of benzene rings is 1. The number of halogens is 1. The van der Waals surface area contributed by atoms with Crippen LogP contribution in [-0.2, 0) is 17.9 Å². The highest BCUT2D eigenvalue weighted by molar-refractivity contribution is 5.85. The lowest BCUT2D eigenvalue weighted by molar-refractivity contribution is -0.130. The Balaban J connectivity index is 0.00000312. The first kappa shape index (κ1) is 20.7. The van der Waals surface area contributed by atoms with Crippen LogP contribution in [0.1, 0.15) is 5.56 Å². The van der Waals surface area contributed by atoms with E-state index >= 15 is 0 Å². The largest absolute Gasteiger partial charge is 0.343 e. The fourth-order valence-corrected chi connectivity index (χ4v) is 2.26. The third-order valence-corrected chi connectivity index (χ3v) is 3.75. The normalized spacial score (nSPS) is 10.2. The number of nitrogens with zero attached hydrogens (tertiary/aromatic N) is 3. The van der Waals surface area contributed by atoms with Crippen LogP contribution in [0.3, 0.4) is 0 Å². The summed E-state index contributed by atoms with van der Waals surface area (Å²) in [5.41, 5.74) is -0.0105. The van der Waals surface area contributed by atoms with Gasteiger partial charge in [0.25, 0.3) is 5.56 Å². The summed E-state index contributed by atoms with van der Waals surface area (Å²) in [4.78, 5) is 38.2. The molecule has 1 N–H and O–H groups in total. The van der Waals surface area contributed by atoms with Crippen LogP contribution >= 0.6 is 12.4 Å². The Morgan fingerprint density at radius 2 is 1.84 bits per heavy atom. The second-order valence-corrected chi connectivity index (χ2v) is 5.56. The number of hydrogen-bond donors (Lipinski definition) is 1. The predicted molar refractivity (Wildman–Crippen MR) is 99.3 cm³/mol. The standard InChI is InChI=1S/C17H22N4O3.ClH/c1-18-9-11-19(2)16(23)13-21-15(22)8-10-20(17(21)24)12-14-6-4-3-5-7-14;/h3-8,10,18H,9,11-13H2,1-2H3;1H. The molecule has 0 bridgehead atoms. The first-order chi connectivity index (χ1) is 11.5. The van der Waals surface area contributed by atoms with Gasteiger partial charge in [0.15, 0.2) is 0 Å². The van der Waals surface area contributed by atoms with E-state index in [1.807, 2.05) is 30.3 Å². The Kier molecular flexibility index (Phi) is 8.10. The van der Waals surface area contributed by atoms with Crippen molar-refractivity contribution in [2.24, 2.45) is 0 Å². The van der Waals surface area contributed by atoms with Gasteiger partial charge in [0.1, 0.15) is 6.54 Å². The van der Waals surface area contributed by atoms with E-state index < -0.39 is 11.2 Å². The maximum Gasteiger partial charge on any atom is 0.331 e. The number of aromatic nitrogens is 2. The molecule has 1 aromatic heterocycles. The van der Waals surface area contributed by atoms with Gasteiger partial charge in [-0.25, -0.2) is 4.79 Å². The highest BCUT2D eigenvalue weighted by atomic mass is 35.5. The van der Waals surface area contributed by atoms with Crippen LogP contribution in [0, 0.1) is 0 Å². The van der Waals surface area contributed by atoms with Crippen LogP contribution in [0.5, 0.6) is 0 Å². The van der Waals surface area contributed by atoms with E-state index in [1.54, 1.807) is 14.1 Å². The van der Waals surface area contributed by atoms with Gasteiger partial charge >= 0.3 is 5.69 Å². The number of likely N-dealkylation sites (N-methyl/N-ethyl adjacent to an activating group) is 2. The fourth-order valence-electron chi connectivity index (χ4n) is 2.26. The number of rotatable bonds is 7. The van der Waals surface area contributed by atoms with Gasteiger partial charge in [0.05, 0.1) is 6.54 Å². The van der Waals surface area contributed by atoms with Crippen LogP contribution in [0.2, 0.25) is 0 Å². The summed E-state index contributed by atoms with van der Waals surface area (Å²) in [5, 5.41) is 2.95. The first-order valence-electron chi connectivity index (χ1n) is 7.75. The van der Waals surface area contributed by atoms with Crippen molar-refractivity contribution in [1.82, 2.24) is 19.4 Å². The lowest BCUT2D eigenvalue weighted by Gasteiger charge is -2.17. The van der Waals surface area contributed by atoms with E-state index in [9.17, 15) is 14.4 Å². The Morgan fingerprint density at radius 3 is 2.48 bits per heavy atom. The highest BCUT2D eigenvalue weighted by Gasteiger charge is 2.13. The molecule has 0 fully saturated rings. The summed E-state index contributed by atoms with van der Waals surface area (Å²) >= 11 is 0. The molecule has 1 aromatic carbocycles. The third-order valence-electron chi connectivity index (χ3n) is 3.75. The van der Waals surface area contributed by atoms with Crippen molar-refractivity contribution in [1.29, 1.82) is 0 Å². The highest BCUT2D eigenvalue weighted by Crippen LogP contribution is 1.99. The van der Waals surface area contributed by atoms with Gasteiger partial charge in [-0.05, 0) is 12.6 Å². The van der Waals surface area contributed by atoms with Gasteiger partial charge < -0.3 is 10.2 Å². The van der Waals surface area contributed by atoms with E-state index in [4.69, 9.17) is 0 Å². The Labute approximate surface area is 152 Å². The SMILES string of the molecule is CNCCN(C)C(=O)Cn1c(=O)ccn(Cc2ccccc2)c1=O.Cl. The minimum Gasteiger partial charge on any atom is -0.343 e. The van der Waals surface area contributed by atoms with Crippen LogP contribution in [0.15, 0.2) is 52.2 Å². The topological polar surface area (TPSA) is 76.3 Å². The fraction of sp³-hybridized carbons (Fsp3) is 0.353. The molecule has 0 aliphatic rings. The lowest BCUT2D eigenvalue weighted by atomic mass is 10.2. The quantitative estimate of drug-likeness (QED) is 0.757. The lowest BCUT2D eigenvalue weighted by Crippen LogP contribution is -2.44. The summed E-state index contributed by atoms with van der Waals surface area (Å²) in [6.07, 6.45) is 1.46. The van der Waals surface area contributed by atoms with E-state index in [0.717, 1.165) is 10.1 Å². The summed E-state index contributed by atoms with van der Waals surface area (Å²) in [6, 6.07) is 10.8. The number of hydrogen-bond acceptors (Lipinski definition) is 4. The minimum absolute atomic E-state index is 0. The molecule has 2 aromatic rings. The third kappa shape index (κ3) is 5.58. The smallest absolute Gasteiger partial charge is 0.331 e. The molecule has 0 spiro atoms. The Bertz CT molecular complexity index is 802. The van der Waals surface area contributed by atoms with Gasteiger partial charge in [-0.3, -0.25) is 18.7 Å². The molecule has 136 valence electrons. The first-order valence-corrected chi connectivity index (χ1v) is 7.75. The number of nitrogens with one attached hydrogen (secondary N) is 1. The van der Waals surface area contributed by atoms with Gasteiger partial charge in [-0.15, -0.1) is 12.4 Å². The zero-order valence-corrected chi connectivity index (χ0v) is 15.2. The van der Waals surface area contributed by atoms with Crippen molar-refractivity contribution in [3.05, 3.63) is 69.0 Å². The number of carbonyl (C=O) groups excluding carboxylic acids is 1. The molecule has 0 atom stereocenters. The van der Waals surface area contributed by atoms with E-state index in [0.29, 0.717) is 19.6 Å². The van der Waals surface area contributed by atoms with Gasteiger partial charge in [-0.2, -0.15) is 0 Å². The number of carbonyl (C=O) groups is 1. The molecule has 0 saturated carbocycles. The van der Waals surface area contributed by atoms with Crippen LogP contribution < -0.4 is 16.6 Å². The van der Waals surface area contributed by atoms with Gasteiger partial charge in [-0.1, -0.05) is 30.3 Å².